The molecule has 0 aliphatic heterocycles. The topological polar surface area (TPSA) is 61.4 Å². The van der Waals surface area contributed by atoms with Crippen molar-refractivity contribution in [2.75, 3.05) is 26.0 Å². The highest BCUT2D eigenvalue weighted by Gasteiger charge is 2.13. The van der Waals surface area contributed by atoms with Crippen molar-refractivity contribution < 1.29 is 9.59 Å². The molecule has 0 fully saturated rings. The van der Waals surface area contributed by atoms with Gasteiger partial charge in [-0.25, -0.2) is 0 Å². The van der Waals surface area contributed by atoms with E-state index in [1.807, 2.05) is 45.0 Å². The number of aryl methyl sites for hydroxylation is 1. The molecule has 0 aliphatic carbocycles. The molecule has 2 amide bonds. The van der Waals surface area contributed by atoms with Crippen LogP contribution in [0.2, 0.25) is 0 Å². The number of carbonyl (C=O) groups excluding carboxylic acids is 2. The highest BCUT2D eigenvalue weighted by Crippen LogP contribution is 2.11. The third-order valence-corrected chi connectivity index (χ3v) is 3.05. The van der Waals surface area contributed by atoms with Crippen LogP contribution in [-0.4, -0.2) is 42.9 Å². The molecule has 0 atom stereocenters. The van der Waals surface area contributed by atoms with Gasteiger partial charge in [0.2, 0.25) is 11.8 Å². The van der Waals surface area contributed by atoms with Gasteiger partial charge in [0.1, 0.15) is 0 Å². The number of benzene rings is 1. The number of amides is 2. The Balaban J connectivity index is 2.42. The van der Waals surface area contributed by atoms with Crippen LogP contribution in [0.5, 0.6) is 0 Å². The lowest BCUT2D eigenvalue weighted by atomic mass is 10.1. The average molecular weight is 305 g/mol. The molecule has 1 aromatic rings. The number of nitrogens with one attached hydrogen (secondary N) is 2. The van der Waals surface area contributed by atoms with Gasteiger partial charge in [-0.1, -0.05) is 12.1 Å². The van der Waals surface area contributed by atoms with Crippen LogP contribution < -0.4 is 10.6 Å². The first kappa shape index (κ1) is 18.0. The van der Waals surface area contributed by atoms with E-state index in [1.165, 1.54) is 0 Å². The predicted octanol–water partition coefficient (Wildman–Crippen LogP) is 2.03. The summed E-state index contributed by atoms with van der Waals surface area (Å²) in [5.41, 5.74) is 1.79. The third kappa shape index (κ3) is 7.11. The summed E-state index contributed by atoms with van der Waals surface area (Å²) in [6, 6.07) is 7.82. The Kier molecular flexibility index (Phi) is 6.40. The van der Waals surface area contributed by atoms with E-state index in [4.69, 9.17) is 0 Å². The summed E-state index contributed by atoms with van der Waals surface area (Å²) in [6.45, 7) is 6.11. The molecule has 122 valence electrons. The molecule has 0 aliphatic rings. The van der Waals surface area contributed by atoms with E-state index in [1.54, 1.807) is 19.0 Å². The first-order valence-electron chi connectivity index (χ1n) is 7.51. The van der Waals surface area contributed by atoms with Gasteiger partial charge in [0, 0.05) is 31.7 Å². The van der Waals surface area contributed by atoms with Crippen LogP contribution in [0.25, 0.3) is 0 Å². The number of hydrogen-bond donors (Lipinski definition) is 2. The molecule has 0 bridgehead atoms. The van der Waals surface area contributed by atoms with Crippen LogP contribution >= 0.6 is 0 Å². The lowest BCUT2D eigenvalue weighted by Gasteiger charge is -2.20. The summed E-state index contributed by atoms with van der Waals surface area (Å²) in [5, 5.41) is 5.99. The van der Waals surface area contributed by atoms with Gasteiger partial charge in [0.05, 0.1) is 6.54 Å². The van der Waals surface area contributed by atoms with Crippen LogP contribution in [0.1, 0.15) is 32.8 Å². The van der Waals surface area contributed by atoms with Gasteiger partial charge < -0.3 is 15.5 Å². The minimum Gasteiger partial charge on any atom is -0.376 e. The fraction of sp³-hybridized carbons (Fsp3) is 0.529. The molecule has 0 radical (unpaired) electrons. The minimum absolute atomic E-state index is 0.0341. The number of hydrogen-bond acceptors (Lipinski definition) is 3. The summed E-state index contributed by atoms with van der Waals surface area (Å²) in [5.74, 6) is 0.0919. The van der Waals surface area contributed by atoms with Crippen LogP contribution in [-0.2, 0) is 16.0 Å². The number of anilines is 1. The lowest BCUT2D eigenvalue weighted by molar-refractivity contribution is -0.128. The second kappa shape index (κ2) is 7.82. The van der Waals surface area contributed by atoms with E-state index in [9.17, 15) is 9.59 Å². The molecule has 2 N–H and O–H groups in total. The van der Waals surface area contributed by atoms with Gasteiger partial charge in [-0.05, 0) is 44.9 Å². The fourth-order valence-corrected chi connectivity index (χ4v) is 1.91. The second-order valence-corrected chi connectivity index (χ2v) is 6.64. The van der Waals surface area contributed by atoms with Gasteiger partial charge in [-0.3, -0.25) is 9.59 Å². The zero-order valence-corrected chi connectivity index (χ0v) is 14.2. The molecule has 0 heterocycles. The van der Waals surface area contributed by atoms with Gasteiger partial charge in [-0.15, -0.1) is 0 Å². The summed E-state index contributed by atoms with van der Waals surface area (Å²) in [6.07, 6.45) is 1.23. The van der Waals surface area contributed by atoms with E-state index in [0.717, 1.165) is 17.7 Å². The molecular formula is C17H27N3O2. The molecule has 0 unspecified atom stereocenters. The highest BCUT2D eigenvalue weighted by atomic mass is 16.2. The first-order chi connectivity index (χ1) is 10.2. The molecule has 5 heteroatoms. The lowest BCUT2D eigenvalue weighted by Crippen LogP contribution is -2.43. The zero-order valence-electron chi connectivity index (χ0n) is 14.2. The Morgan fingerprint density at radius 3 is 2.18 bits per heavy atom. The van der Waals surface area contributed by atoms with E-state index in [0.29, 0.717) is 6.42 Å². The van der Waals surface area contributed by atoms with Crippen molar-refractivity contribution in [2.45, 2.75) is 39.2 Å². The first-order valence-corrected chi connectivity index (χ1v) is 7.51. The molecule has 5 nitrogen and oxygen atoms in total. The van der Waals surface area contributed by atoms with Crippen molar-refractivity contribution >= 4 is 17.5 Å². The van der Waals surface area contributed by atoms with Gasteiger partial charge in [0.25, 0.3) is 0 Å². The molecule has 0 saturated carbocycles. The van der Waals surface area contributed by atoms with Crippen molar-refractivity contribution in [2.24, 2.45) is 0 Å². The molecule has 1 rings (SSSR count). The molecule has 0 aromatic heterocycles. The maximum atomic E-state index is 11.7. The van der Waals surface area contributed by atoms with Crippen molar-refractivity contribution in [3.8, 4) is 0 Å². The molecular weight excluding hydrogens is 278 g/mol. The van der Waals surface area contributed by atoms with Crippen LogP contribution in [0.3, 0.4) is 0 Å². The van der Waals surface area contributed by atoms with E-state index in [-0.39, 0.29) is 23.9 Å². The van der Waals surface area contributed by atoms with E-state index < -0.39 is 0 Å². The second-order valence-electron chi connectivity index (χ2n) is 6.64. The van der Waals surface area contributed by atoms with Crippen molar-refractivity contribution in [3.63, 3.8) is 0 Å². The Labute approximate surface area is 133 Å². The molecule has 22 heavy (non-hydrogen) atoms. The minimum atomic E-state index is -0.221. The van der Waals surface area contributed by atoms with Gasteiger partial charge in [-0.2, -0.15) is 0 Å². The number of carbonyl (C=O) groups is 2. The molecule has 0 spiro atoms. The highest BCUT2D eigenvalue weighted by molar-refractivity contribution is 5.81. The largest absolute Gasteiger partial charge is 0.376 e. The normalized spacial score (nSPS) is 11.0. The quantitative estimate of drug-likeness (QED) is 0.845. The summed E-state index contributed by atoms with van der Waals surface area (Å²) >= 11 is 0. The fourth-order valence-electron chi connectivity index (χ4n) is 1.91. The maximum Gasteiger partial charge on any atom is 0.239 e. The Bertz CT molecular complexity index is 502. The van der Waals surface area contributed by atoms with Crippen molar-refractivity contribution in [1.82, 2.24) is 10.2 Å². The third-order valence-electron chi connectivity index (χ3n) is 3.05. The molecule has 1 aromatic carbocycles. The zero-order chi connectivity index (χ0) is 16.8. The smallest absolute Gasteiger partial charge is 0.239 e. The maximum absolute atomic E-state index is 11.7. The van der Waals surface area contributed by atoms with E-state index in [2.05, 4.69) is 10.6 Å². The Morgan fingerprint density at radius 2 is 1.68 bits per heavy atom. The summed E-state index contributed by atoms with van der Waals surface area (Å²) < 4.78 is 0. The monoisotopic (exact) mass is 305 g/mol. The van der Waals surface area contributed by atoms with E-state index >= 15 is 0 Å². The predicted molar refractivity (Wildman–Crippen MR) is 89.8 cm³/mol. The Morgan fingerprint density at radius 1 is 1.09 bits per heavy atom. The van der Waals surface area contributed by atoms with Gasteiger partial charge in [0.15, 0.2) is 0 Å². The van der Waals surface area contributed by atoms with Crippen LogP contribution in [0.15, 0.2) is 24.3 Å². The number of rotatable bonds is 6. The molecule has 0 saturated heterocycles. The standard InChI is InChI=1S/C17H27N3O2/c1-17(2,3)19-15(21)12-18-14-9-6-13(7-10-14)8-11-16(22)20(4)5/h6-7,9-10,18H,8,11-12H2,1-5H3,(H,19,21). The summed E-state index contributed by atoms with van der Waals surface area (Å²) in [4.78, 5) is 24.9. The number of nitrogens with zero attached hydrogens (tertiary/aromatic N) is 1. The summed E-state index contributed by atoms with van der Waals surface area (Å²) in [7, 11) is 3.52. The Hall–Kier alpha value is -2.04. The van der Waals surface area contributed by atoms with Crippen molar-refractivity contribution in [1.29, 1.82) is 0 Å². The van der Waals surface area contributed by atoms with Crippen LogP contribution in [0, 0.1) is 0 Å². The SMILES string of the molecule is CN(C)C(=O)CCc1ccc(NCC(=O)NC(C)(C)C)cc1. The van der Waals surface area contributed by atoms with Crippen molar-refractivity contribution in [3.05, 3.63) is 29.8 Å². The average Bonchev–Trinajstić information content (AvgIpc) is 2.41. The van der Waals surface area contributed by atoms with Crippen LogP contribution in [0.4, 0.5) is 5.69 Å². The van der Waals surface area contributed by atoms with Gasteiger partial charge >= 0.3 is 0 Å².